The average molecular weight is 305 g/mol. The molecular weight excluding hydrogens is 296 g/mol. The molecule has 1 aromatic heterocycles. The number of rotatable bonds is 4. The predicted octanol–water partition coefficient (Wildman–Crippen LogP) is 0.327. The number of aliphatic carboxylic acids is 1. The van der Waals surface area contributed by atoms with E-state index in [0.717, 1.165) is 0 Å². The molecule has 2 rings (SSSR count). The van der Waals surface area contributed by atoms with Crippen LogP contribution in [-0.2, 0) is 10.3 Å². The van der Waals surface area contributed by atoms with Crippen molar-refractivity contribution in [2.45, 2.75) is 12.0 Å². The first-order valence-electron chi connectivity index (χ1n) is 4.77. The molecule has 0 bridgehead atoms. The van der Waals surface area contributed by atoms with Gasteiger partial charge in [0.05, 0.1) is 17.7 Å². The first-order chi connectivity index (χ1) is 7.94. The Bertz CT molecular complexity index is 482. The van der Waals surface area contributed by atoms with E-state index in [1.54, 1.807) is 0 Å². The number of carboxylic acid groups (broad SMARTS) is 1. The van der Waals surface area contributed by atoms with Crippen molar-refractivity contribution >= 4 is 27.7 Å². The van der Waals surface area contributed by atoms with E-state index in [4.69, 9.17) is 5.11 Å². The Morgan fingerprint density at radius 2 is 2.41 bits per heavy atom. The van der Waals surface area contributed by atoms with E-state index in [0.29, 0.717) is 13.1 Å². The molecule has 1 fully saturated rings. The minimum atomic E-state index is -0.958. The van der Waals surface area contributed by atoms with Gasteiger partial charge in [-0.3, -0.25) is 4.79 Å². The van der Waals surface area contributed by atoms with Gasteiger partial charge in [0.2, 0.25) is 0 Å². The number of nitrogens with zero attached hydrogens (tertiary/aromatic N) is 3. The van der Waals surface area contributed by atoms with Gasteiger partial charge in [-0.15, -0.1) is 0 Å². The van der Waals surface area contributed by atoms with Gasteiger partial charge in [0.25, 0.3) is 0 Å². The lowest BCUT2D eigenvalue weighted by molar-refractivity contribution is -0.390. The van der Waals surface area contributed by atoms with Gasteiger partial charge >= 0.3 is 11.8 Å². The molecule has 2 heterocycles. The van der Waals surface area contributed by atoms with Gasteiger partial charge in [-0.1, -0.05) is 0 Å². The van der Waals surface area contributed by atoms with Crippen LogP contribution in [0.5, 0.6) is 0 Å². The predicted molar refractivity (Wildman–Crippen MR) is 59.7 cm³/mol. The molecule has 92 valence electrons. The standard InChI is InChI=1S/C8H9BrN4O4/c9-5-2-12(11-7(5)13(16)17)8(1-6(14)15)3-10-4-8/h2,10H,1,3-4H2,(H,14,15). The zero-order valence-corrected chi connectivity index (χ0v) is 10.2. The summed E-state index contributed by atoms with van der Waals surface area (Å²) in [6, 6.07) is 0. The van der Waals surface area contributed by atoms with Crippen LogP contribution in [0.3, 0.4) is 0 Å². The highest BCUT2D eigenvalue weighted by atomic mass is 79.9. The fourth-order valence-electron chi connectivity index (χ4n) is 1.77. The minimum Gasteiger partial charge on any atom is -0.481 e. The lowest BCUT2D eigenvalue weighted by Gasteiger charge is -2.39. The highest BCUT2D eigenvalue weighted by Crippen LogP contribution is 2.30. The second kappa shape index (κ2) is 4.08. The van der Waals surface area contributed by atoms with Crippen molar-refractivity contribution in [3.8, 4) is 0 Å². The SMILES string of the molecule is O=C(O)CC1(n2cc(Br)c([N+](=O)[O-])n2)CNC1. The maximum absolute atomic E-state index is 10.8. The second-order valence-corrected chi connectivity index (χ2v) is 4.76. The summed E-state index contributed by atoms with van der Waals surface area (Å²) in [7, 11) is 0. The third kappa shape index (κ3) is 2.03. The molecule has 8 nitrogen and oxygen atoms in total. The number of hydrogen-bond acceptors (Lipinski definition) is 5. The first-order valence-corrected chi connectivity index (χ1v) is 5.56. The summed E-state index contributed by atoms with van der Waals surface area (Å²) in [6.07, 6.45) is 1.33. The van der Waals surface area contributed by atoms with Crippen LogP contribution in [0.2, 0.25) is 0 Å². The Morgan fingerprint density at radius 1 is 1.76 bits per heavy atom. The van der Waals surface area contributed by atoms with Gasteiger partial charge in [0.1, 0.15) is 10.0 Å². The van der Waals surface area contributed by atoms with E-state index < -0.39 is 16.4 Å². The van der Waals surface area contributed by atoms with Crippen LogP contribution in [0.4, 0.5) is 5.82 Å². The second-order valence-electron chi connectivity index (χ2n) is 3.90. The Labute approximate surface area is 104 Å². The lowest BCUT2D eigenvalue weighted by atomic mass is 9.89. The highest BCUT2D eigenvalue weighted by molar-refractivity contribution is 9.10. The monoisotopic (exact) mass is 304 g/mol. The smallest absolute Gasteiger partial charge is 0.404 e. The fourth-order valence-corrected chi connectivity index (χ4v) is 2.19. The van der Waals surface area contributed by atoms with E-state index in [2.05, 4.69) is 26.3 Å². The third-order valence-electron chi connectivity index (χ3n) is 2.70. The fraction of sp³-hybridized carbons (Fsp3) is 0.500. The molecule has 0 unspecified atom stereocenters. The van der Waals surface area contributed by atoms with Crippen molar-refractivity contribution in [3.63, 3.8) is 0 Å². The molecule has 17 heavy (non-hydrogen) atoms. The van der Waals surface area contributed by atoms with Gasteiger partial charge in [0, 0.05) is 13.1 Å². The van der Waals surface area contributed by atoms with Crippen molar-refractivity contribution in [2.24, 2.45) is 0 Å². The van der Waals surface area contributed by atoms with Gasteiger partial charge in [-0.05, 0) is 20.9 Å². The molecule has 9 heteroatoms. The first kappa shape index (κ1) is 12.0. The summed E-state index contributed by atoms with van der Waals surface area (Å²) in [4.78, 5) is 20.8. The molecule has 0 radical (unpaired) electrons. The number of carbonyl (C=O) groups is 1. The van der Waals surface area contributed by atoms with E-state index in [-0.39, 0.29) is 16.7 Å². The number of hydrogen-bond donors (Lipinski definition) is 2. The minimum absolute atomic E-state index is 0.120. The molecule has 1 saturated heterocycles. The average Bonchev–Trinajstić information content (AvgIpc) is 2.53. The summed E-state index contributed by atoms with van der Waals surface area (Å²) in [5.41, 5.74) is -0.706. The van der Waals surface area contributed by atoms with Crippen LogP contribution in [0.15, 0.2) is 10.7 Å². The summed E-state index contributed by atoms with van der Waals surface area (Å²) in [5, 5.41) is 26.3. The van der Waals surface area contributed by atoms with Crippen LogP contribution in [-0.4, -0.2) is 38.9 Å². The summed E-state index contributed by atoms with van der Waals surface area (Å²) in [5.74, 6) is -1.26. The summed E-state index contributed by atoms with van der Waals surface area (Å²) in [6.45, 7) is 0.870. The van der Waals surface area contributed by atoms with Crippen LogP contribution in [0.25, 0.3) is 0 Å². The normalized spacial score (nSPS) is 17.5. The van der Waals surface area contributed by atoms with Crippen molar-refractivity contribution in [1.29, 1.82) is 0 Å². The molecule has 2 N–H and O–H groups in total. The van der Waals surface area contributed by atoms with E-state index in [9.17, 15) is 14.9 Å². The maximum atomic E-state index is 10.8. The number of nitrogens with one attached hydrogen (secondary N) is 1. The van der Waals surface area contributed by atoms with Crippen LogP contribution < -0.4 is 5.32 Å². The Kier molecular flexibility index (Phi) is 2.87. The molecular formula is C8H9BrN4O4. The lowest BCUT2D eigenvalue weighted by Crippen LogP contribution is -2.61. The van der Waals surface area contributed by atoms with Gasteiger partial charge < -0.3 is 20.5 Å². The molecule has 0 amide bonds. The van der Waals surface area contributed by atoms with Crippen LogP contribution >= 0.6 is 15.9 Å². The Hall–Kier alpha value is -1.48. The maximum Gasteiger partial charge on any atom is 0.404 e. The Morgan fingerprint density at radius 3 is 2.76 bits per heavy atom. The number of aromatic nitrogens is 2. The molecule has 0 aliphatic carbocycles. The number of nitro groups is 1. The van der Waals surface area contributed by atoms with E-state index in [1.807, 2.05) is 0 Å². The highest BCUT2D eigenvalue weighted by Gasteiger charge is 2.45. The van der Waals surface area contributed by atoms with Gasteiger partial charge in [0.15, 0.2) is 0 Å². The van der Waals surface area contributed by atoms with Gasteiger partial charge in [-0.25, -0.2) is 0 Å². The molecule has 0 aromatic carbocycles. The number of carboxylic acids is 1. The molecule has 1 aromatic rings. The van der Waals surface area contributed by atoms with Crippen molar-refractivity contribution in [2.75, 3.05) is 13.1 Å². The quantitative estimate of drug-likeness (QED) is 0.612. The van der Waals surface area contributed by atoms with E-state index in [1.165, 1.54) is 10.9 Å². The molecule has 1 aliphatic heterocycles. The molecule has 0 spiro atoms. The summed E-state index contributed by atoms with van der Waals surface area (Å²) >= 11 is 3.04. The topological polar surface area (TPSA) is 110 Å². The van der Waals surface area contributed by atoms with Crippen molar-refractivity contribution in [1.82, 2.24) is 15.1 Å². The van der Waals surface area contributed by atoms with Gasteiger partial charge in [-0.2, -0.15) is 4.68 Å². The van der Waals surface area contributed by atoms with Crippen molar-refractivity contribution in [3.05, 3.63) is 20.8 Å². The van der Waals surface area contributed by atoms with Crippen LogP contribution in [0.1, 0.15) is 6.42 Å². The molecule has 0 atom stereocenters. The van der Waals surface area contributed by atoms with Crippen molar-refractivity contribution < 1.29 is 14.8 Å². The zero-order chi connectivity index (χ0) is 12.6. The largest absolute Gasteiger partial charge is 0.481 e. The summed E-state index contributed by atoms with van der Waals surface area (Å²) < 4.78 is 1.61. The number of halogens is 1. The van der Waals surface area contributed by atoms with Crippen LogP contribution in [0, 0.1) is 10.1 Å². The third-order valence-corrected chi connectivity index (χ3v) is 3.26. The van der Waals surface area contributed by atoms with E-state index >= 15 is 0 Å². The molecule has 0 saturated carbocycles. The zero-order valence-electron chi connectivity index (χ0n) is 8.59. The molecule has 1 aliphatic rings. The Balaban J connectivity index is 2.35.